The Morgan fingerprint density at radius 1 is 1.00 bits per heavy atom. The molecule has 0 bridgehead atoms. The Labute approximate surface area is 236 Å². The number of anilines is 1. The number of nitrogens with zero attached hydrogens (tertiary/aromatic N) is 5. The van der Waals surface area contributed by atoms with Crippen LogP contribution < -0.4 is 25.1 Å². The van der Waals surface area contributed by atoms with Gasteiger partial charge in [0.25, 0.3) is 17.3 Å². The van der Waals surface area contributed by atoms with Crippen molar-refractivity contribution in [1.29, 1.82) is 5.26 Å². The second-order valence-corrected chi connectivity index (χ2v) is 8.72. The van der Waals surface area contributed by atoms with Crippen molar-refractivity contribution in [3.63, 3.8) is 0 Å². The summed E-state index contributed by atoms with van der Waals surface area (Å²) in [4.78, 5) is 38.8. The van der Waals surface area contributed by atoms with Crippen LogP contribution in [0.5, 0.6) is 23.1 Å². The van der Waals surface area contributed by atoms with Gasteiger partial charge in [-0.2, -0.15) is 5.26 Å². The van der Waals surface area contributed by atoms with Gasteiger partial charge in [0.15, 0.2) is 23.1 Å². The summed E-state index contributed by atoms with van der Waals surface area (Å²) in [6, 6.07) is 12.2. The van der Waals surface area contributed by atoms with Crippen LogP contribution in [0.15, 0.2) is 65.7 Å². The van der Waals surface area contributed by atoms with E-state index >= 15 is 4.39 Å². The van der Waals surface area contributed by atoms with E-state index in [1.165, 1.54) is 51.6 Å². The molecular weight excluding hydrogens is 550 g/mol. The molecule has 0 aliphatic carbocycles. The molecule has 0 atom stereocenters. The maximum absolute atomic E-state index is 15.1. The maximum Gasteiger partial charge on any atom is 0.269 e. The first kappa shape index (κ1) is 27.7. The molecule has 5 aromatic rings. The van der Waals surface area contributed by atoms with Gasteiger partial charge in [-0.3, -0.25) is 19.1 Å². The van der Waals surface area contributed by atoms with Gasteiger partial charge in [-0.25, -0.2) is 18.7 Å². The van der Waals surface area contributed by atoms with E-state index in [0.717, 1.165) is 29.0 Å². The molecule has 4 heterocycles. The molecule has 4 aromatic heterocycles. The number of ether oxygens (including phenoxy) is 3. The molecule has 0 fully saturated rings. The van der Waals surface area contributed by atoms with Crippen LogP contribution in [0.2, 0.25) is 0 Å². The Bertz CT molecular complexity index is 1950. The molecule has 5 rings (SSSR count). The average Bonchev–Trinajstić information content (AvgIpc) is 2.99. The first-order valence-electron chi connectivity index (χ1n) is 12.2. The number of amides is 1. The number of nitriles is 1. The Morgan fingerprint density at radius 3 is 2.48 bits per heavy atom. The molecule has 13 heteroatoms. The number of carbonyl (C=O) groups is 1. The van der Waals surface area contributed by atoms with Gasteiger partial charge < -0.3 is 19.5 Å². The van der Waals surface area contributed by atoms with Crippen LogP contribution in [0.3, 0.4) is 0 Å². The van der Waals surface area contributed by atoms with Crippen LogP contribution >= 0.6 is 0 Å². The normalized spacial score (nSPS) is 10.7. The van der Waals surface area contributed by atoms with E-state index in [4.69, 9.17) is 14.2 Å². The quantitative estimate of drug-likeness (QED) is 0.295. The number of aromatic nitrogens is 4. The lowest BCUT2D eigenvalue weighted by Gasteiger charge is -2.14. The van der Waals surface area contributed by atoms with E-state index in [1.807, 2.05) is 6.07 Å². The molecule has 1 N–H and O–H groups in total. The number of hydrogen-bond acceptors (Lipinski definition) is 9. The van der Waals surface area contributed by atoms with Crippen LogP contribution in [0.4, 0.5) is 14.5 Å². The first-order valence-corrected chi connectivity index (χ1v) is 12.2. The molecule has 210 valence electrons. The molecule has 0 aliphatic rings. The second kappa shape index (κ2) is 11.3. The summed E-state index contributed by atoms with van der Waals surface area (Å²) in [5, 5.41) is 12.0. The zero-order chi connectivity index (χ0) is 30.0. The number of nitrogens with one attached hydrogen (secondary N) is 1. The molecule has 11 nitrogen and oxygen atoms in total. The predicted molar refractivity (Wildman–Crippen MR) is 146 cm³/mol. The number of halogens is 2. The van der Waals surface area contributed by atoms with Gasteiger partial charge in [0, 0.05) is 35.8 Å². The third kappa shape index (κ3) is 5.16. The summed E-state index contributed by atoms with van der Waals surface area (Å²) in [7, 11) is 2.88. The molecule has 1 aromatic carbocycles. The number of benzene rings is 1. The van der Waals surface area contributed by atoms with Crippen LogP contribution in [0, 0.1) is 29.9 Å². The summed E-state index contributed by atoms with van der Waals surface area (Å²) in [6.07, 6.45) is 2.37. The summed E-state index contributed by atoms with van der Waals surface area (Å²) in [6.45, 7) is 1.49. The number of fused-ring (bicyclic) bond motifs is 1. The largest absolute Gasteiger partial charge is 0.491 e. The van der Waals surface area contributed by atoms with Gasteiger partial charge in [0.1, 0.15) is 28.8 Å². The number of carbonyl (C=O) groups excluding carboxylic acids is 1. The Morgan fingerprint density at radius 2 is 1.81 bits per heavy atom. The van der Waals surface area contributed by atoms with Gasteiger partial charge in [-0.05, 0) is 37.3 Å². The average molecular weight is 571 g/mol. The highest BCUT2D eigenvalue weighted by molar-refractivity contribution is 6.04. The van der Waals surface area contributed by atoms with Gasteiger partial charge in [-0.1, -0.05) is 0 Å². The minimum atomic E-state index is -0.897. The van der Waals surface area contributed by atoms with Crippen molar-refractivity contribution in [2.45, 2.75) is 6.92 Å². The molecule has 0 spiro atoms. The van der Waals surface area contributed by atoms with Gasteiger partial charge >= 0.3 is 0 Å². The Kier molecular flexibility index (Phi) is 7.44. The van der Waals surface area contributed by atoms with Gasteiger partial charge in [0.2, 0.25) is 0 Å². The van der Waals surface area contributed by atoms with Crippen molar-refractivity contribution >= 4 is 22.6 Å². The van der Waals surface area contributed by atoms with E-state index in [9.17, 15) is 19.2 Å². The number of methoxy groups -OCH3 is 2. The third-order valence-electron chi connectivity index (χ3n) is 6.18. The lowest BCUT2D eigenvalue weighted by atomic mass is 10.1. The minimum absolute atomic E-state index is 0.0129. The monoisotopic (exact) mass is 570 g/mol. The van der Waals surface area contributed by atoms with E-state index in [2.05, 4.69) is 20.3 Å². The molecule has 42 heavy (non-hydrogen) atoms. The highest BCUT2D eigenvalue weighted by atomic mass is 19.1. The molecule has 0 saturated heterocycles. The Hall–Kier alpha value is -5.90. The number of hydrogen-bond donors (Lipinski definition) is 1. The predicted octanol–water partition coefficient (Wildman–Crippen LogP) is 4.70. The van der Waals surface area contributed by atoms with Gasteiger partial charge in [-0.15, -0.1) is 0 Å². The highest BCUT2D eigenvalue weighted by Gasteiger charge is 2.20. The zero-order valence-electron chi connectivity index (χ0n) is 22.3. The molecule has 0 saturated carbocycles. The van der Waals surface area contributed by atoms with E-state index in [1.54, 1.807) is 6.07 Å². The van der Waals surface area contributed by atoms with Crippen LogP contribution in [0.1, 0.15) is 21.6 Å². The molecule has 1 amide bonds. The fourth-order valence-corrected chi connectivity index (χ4v) is 4.12. The zero-order valence-corrected chi connectivity index (χ0v) is 22.3. The standard InChI is InChI=1S/C29H20F2N6O5/c1-15-16(13-32)10-19(29(39)37(15)25-7-4-17(30)14-34-25)27(38)35-18-5-6-22(20(31)11-18)42-23-8-9-33-21-12-24(40-2)28(41-3)36-26(21)23/h4-12,14H,1-3H3,(H,35,38). The highest BCUT2D eigenvalue weighted by Crippen LogP contribution is 2.35. The van der Waals surface area contributed by atoms with Crippen molar-refractivity contribution < 1.29 is 27.8 Å². The number of rotatable bonds is 7. The molecule has 0 radical (unpaired) electrons. The second-order valence-electron chi connectivity index (χ2n) is 8.72. The SMILES string of the molecule is COc1cc2nccc(Oc3ccc(NC(=O)c4cc(C#N)c(C)n(-c5ccc(F)cn5)c4=O)cc3F)c2nc1OC. The third-order valence-corrected chi connectivity index (χ3v) is 6.18. The van der Waals surface area contributed by atoms with Crippen molar-refractivity contribution in [1.82, 2.24) is 19.5 Å². The summed E-state index contributed by atoms with van der Waals surface area (Å²) < 4.78 is 45.8. The lowest BCUT2D eigenvalue weighted by molar-refractivity contribution is 0.102. The summed E-state index contributed by atoms with van der Waals surface area (Å²) in [5.74, 6) is -1.77. The van der Waals surface area contributed by atoms with Gasteiger partial charge in [0.05, 0.1) is 31.5 Å². The van der Waals surface area contributed by atoms with E-state index in [-0.39, 0.29) is 40.1 Å². The molecule has 0 aliphatic heterocycles. The minimum Gasteiger partial charge on any atom is -0.491 e. The van der Waals surface area contributed by atoms with Crippen LogP contribution in [-0.4, -0.2) is 39.6 Å². The number of pyridine rings is 4. The molecule has 0 unspecified atom stereocenters. The van der Waals surface area contributed by atoms with Crippen molar-refractivity contribution in [3.8, 4) is 35.0 Å². The van der Waals surface area contributed by atoms with E-state index in [0.29, 0.717) is 16.8 Å². The van der Waals surface area contributed by atoms with Crippen molar-refractivity contribution in [2.24, 2.45) is 0 Å². The van der Waals surface area contributed by atoms with E-state index < -0.39 is 28.7 Å². The Balaban J connectivity index is 1.44. The topological polar surface area (TPSA) is 141 Å². The summed E-state index contributed by atoms with van der Waals surface area (Å²) >= 11 is 0. The molecular formula is C29H20F2N6O5. The smallest absolute Gasteiger partial charge is 0.269 e. The summed E-state index contributed by atoms with van der Waals surface area (Å²) in [5.41, 5.74) is -0.236. The fraction of sp³-hybridized carbons (Fsp3) is 0.103. The van der Waals surface area contributed by atoms with Crippen LogP contribution in [-0.2, 0) is 0 Å². The fourth-order valence-electron chi connectivity index (χ4n) is 4.12. The van der Waals surface area contributed by atoms with Crippen molar-refractivity contribution in [3.05, 3.63) is 99.7 Å². The lowest BCUT2D eigenvalue weighted by Crippen LogP contribution is -2.31. The van der Waals surface area contributed by atoms with Crippen molar-refractivity contribution in [2.75, 3.05) is 19.5 Å². The van der Waals surface area contributed by atoms with Crippen LogP contribution in [0.25, 0.3) is 16.9 Å². The first-order chi connectivity index (χ1) is 20.2. The maximum atomic E-state index is 15.1.